The van der Waals surface area contributed by atoms with E-state index in [2.05, 4.69) is 15.3 Å². The van der Waals surface area contributed by atoms with Gasteiger partial charge in [-0.25, -0.2) is 9.97 Å². The quantitative estimate of drug-likeness (QED) is 0.904. The Morgan fingerprint density at radius 2 is 2.00 bits per heavy atom. The van der Waals surface area contributed by atoms with Crippen molar-refractivity contribution in [3.05, 3.63) is 52.6 Å². The zero-order chi connectivity index (χ0) is 13.1. The van der Waals surface area contributed by atoms with E-state index in [1.54, 1.807) is 18.2 Å². The van der Waals surface area contributed by atoms with Crippen molar-refractivity contribution in [2.75, 3.05) is 5.32 Å². The van der Waals surface area contributed by atoms with Gasteiger partial charge in [-0.2, -0.15) is 0 Å². The van der Waals surface area contributed by atoms with Gasteiger partial charge in [-0.3, -0.25) is 4.79 Å². The molecule has 4 nitrogen and oxygen atoms in total. The molecular weight excluding hydrogens is 250 g/mol. The lowest BCUT2D eigenvalue weighted by Crippen LogP contribution is -2.14. The van der Waals surface area contributed by atoms with E-state index in [0.717, 1.165) is 11.3 Å². The van der Waals surface area contributed by atoms with Crippen LogP contribution in [0.1, 0.15) is 21.7 Å². The summed E-state index contributed by atoms with van der Waals surface area (Å²) in [5.74, 6) is -0.272. The zero-order valence-corrected chi connectivity index (χ0v) is 10.8. The molecule has 0 bridgehead atoms. The fourth-order valence-electron chi connectivity index (χ4n) is 1.49. The summed E-state index contributed by atoms with van der Waals surface area (Å²) in [4.78, 5) is 19.9. The van der Waals surface area contributed by atoms with Crippen LogP contribution < -0.4 is 5.32 Å². The van der Waals surface area contributed by atoms with Crippen LogP contribution in [0.2, 0.25) is 5.02 Å². The topological polar surface area (TPSA) is 54.9 Å². The summed E-state index contributed by atoms with van der Waals surface area (Å²) in [5, 5.41) is 3.36. The third-order valence-corrected chi connectivity index (χ3v) is 2.72. The number of aryl methyl sites for hydroxylation is 2. The minimum Gasteiger partial charge on any atom is -0.320 e. The number of carbonyl (C=O) groups excluding carboxylic acids is 1. The molecule has 2 rings (SSSR count). The van der Waals surface area contributed by atoms with Crippen molar-refractivity contribution in [3.8, 4) is 0 Å². The van der Waals surface area contributed by atoms with Crippen molar-refractivity contribution in [2.45, 2.75) is 13.8 Å². The van der Waals surface area contributed by atoms with Gasteiger partial charge < -0.3 is 5.32 Å². The van der Waals surface area contributed by atoms with Gasteiger partial charge in [-0.1, -0.05) is 17.7 Å². The second kappa shape index (κ2) is 5.14. The van der Waals surface area contributed by atoms with Gasteiger partial charge in [0.1, 0.15) is 12.0 Å². The molecular formula is C13H12ClN3O. The van der Waals surface area contributed by atoms with Gasteiger partial charge >= 0.3 is 0 Å². The predicted molar refractivity (Wildman–Crippen MR) is 70.9 cm³/mol. The van der Waals surface area contributed by atoms with E-state index in [1.807, 2.05) is 19.9 Å². The minimum absolute atomic E-state index is 0.272. The van der Waals surface area contributed by atoms with E-state index in [4.69, 9.17) is 11.6 Å². The van der Waals surface area contributed by atoms with Crippen LogP contribution in [-0.4, -0.2) is 15.9 Å². The molecule has 0 saturated heterocycles. The number of carbonyl (C=O) groups is 1. The van der Waals surface area contributed by atoms with Gasteiger partial charge in [0, 0.05) is 16.4 Å². The fraction of sp³-hybridized carbons (Fsp3) is 0.154. The van der Waals surface area contributed by atoms with Crippen LogP contribution >= 0.6 is 11.6 Å². The van der Waals surface area contributed by atoms with Crippen molar-refractivity contribution < 1.29 is 4.79 Å². The Bertz CT molecular complexity index is 599. The Balaban J connectivity index is 2.24. The average molecular weight is 262 g/mol. The van der Waals surface area contributed by atoms with Crippen LogP contribution in [0, 0.1) is 13.8 Å². The van der Waals surface area contributed by atoms with E-state index >= 15 is 0 Å². The second-order valence-electron chi connectivity index (χ2n) is 3.96. The van der Waals surface area contributed by atoms with Crippen molar-refractivity contribution >= 4 is 23.2 Å². The van der Waals surface area contributed by atoms with E-state index < -0.39 is 0 Å². The molecule has 0 aliphatic rings. The molecule has 1 N–H and O–H groups in total. The molecule has 92 valence electrons. The first kappa shape index (κ1) is 12.5. The van der Waals surface area contributed by atoms with Crippen LogP contribution in [0.5, 0.6) is 0 Å². The highest BCUT2D eigenvalue weighted by Crippen LogP contribution is 2.20. The van der Waals surface area contributed by atoms with Crippen LogP contribution in [0.3, 0.4) is 0 Å². The van der Waals surface area contributed by atoms with Crippen molar-refractivity contribution in [3.63, 3.8) is 0 Å². The number of benzene rings is 1. The number of anilines is 1. The van der Waals surface area contributed by atoms with Gasteiger partial charge in [-0.05, 0) is 37.6 Å². The van der Waals surface area contributed by atoms with Gasteiger partial charge in [0.15, 0.2) is 0 Å². The number of nitrogens with one attached hydrogen (secondary N) is 1. The summed E-state index contributed by atoms with van der Waals surface area (Å²) in [5.41, 5.74) is 2.71. The highest BCUT2D eigenvalue weighted by molar-refractivity contribution is 6.31. The first-order valence-corrected chi connectivity index (χ1v) is 5.80. The second-order valence-corrected chi connectivity index (χ2v) is 4.39. The molecule has 0 atom stereocenters. The smallest absolute Gasteiger partial charge is 0.274 e. The Hall–Kier alpha value is -1.94. The maximum atomic E-state index is 12.0. The number of nitrogens with zero attached hydrogens (tertiary/aromatic N) is 2. The highest BCUT2D eigenvalue weighted by atomic mass is 35.5. The Morgan fingerprint density at radius 1 is 1.22 bits per heavy atom. The lowest BCUT2D eigenvalue weighted by molar-refractivity contribution is 0.102. The van der Waals surface area contributed by atoms with Crippen LogP contribution in [-0.2, 0) is 0 Å². The fourth-order valence-corrected chi connectivity index (χ4v) is 1.67. The first-order valence-electron chi connectivity index (χ1n) is 5.42. The molecule has 0 saturated carbocycles. The molecule has 0 fully saturated rings. The highest BCUT2D eigenvalue weighted by Gasteiger charge is 2.09. The normalized spacial score (nSPS) is 10.2. The first-order chi connectivity index (χ1) is 8.56. The third kappa shape index (κ3) is 2.84. The molecule has 0 unspecified atom stereocenters. The zero-order valence-electron chi connectivity index (χ0n) is 10.1. The van der Waals surface area contributed by atoms with Gasteiger partial charge in [0.2, 0.25) is 0 Å². The standard InChI is InChI=1S/C13H12ClN3O/c1-8-3-4-10(14)6-11(8)17-13(18)12-5-9(2)15-7-16-12/h3-7H,1-2H3,(H,17,18). The molecule has 1 aromatic heterocycles. The summed E-state index contributed by atoms with van der Waals surface area (Å²) in [6.07, 6.45) is 1.37. The summed E-state index contributed by atoms with van der Waals surface area (Å²) in [6.45, 7) is 3.71. The molecule has 2 aromatic rings. The average Bonchev–Trinajstić information content (AvgIpc) is 2.34. The van der Waals surface area contributed by atoms with Crippen LogP contribution in [0.4, 0.5) is 5.69 Å². The van der Waals surface area contributed by atoms with E-state index in [0.29, 0.717) is 16.4 Å². The molecule has 0 aliphatic heterocycles. The number of rotatable bonds is 2. The number of aromatic nitrogens is 2. The Morgan fingerprint density at radius 3 is 2.72 bits per heavy atom. The summed E-state index contributed by atoms with van der Waals surface area (Å²) >= 11 is 5.89. The van der Waals surface area contributed by atoms with E-state index in [1.165, 1.54) is 6.33 Å². The number of hydrogen-bond acceptors (Lipinski definition) is 3. The summed E-state index contributed by atoms with van der Waals surface area (Å²) < 4.78 is 0. The molecule has 5 heteroatoms. The summed E-state index contributed by atoms with van der Waals surface area (Å²) in [7, 11) is 0. The van der Waals surface area contributed by atoms with Gasteiger partial charge in [0.25, 0.3) is 5.91 Å². The lowest BCUT2D eigenvalue weighted by atomic mass is 10.2. The van der Waals surface area contributed by atoms with E-state index in [-0.39, 0.29) is 5.91 Å². The van der Waals surface area contributed by atoms with Crippen molar-refractivity contribution in [1.29, 1.82) is 0 Å². The maximum absolute atomic E-state index is 12.0. The Labute approximate surface area is 110 Å². The number of hydrogen-bond donors (Lipinski definition) is 1. The van der Waals surface area contributed by atoms with Crippen LogP contribution in [0.15, 0.2) is 30.6 Å². The van der Waals surface area contributed by atoms with Gasteiger partial charge in [0.05, 0.1) is 0 Å². The molecule has 1 heterocycles. The van der Waals surface area contributed by atoms with E-state index in [9.17, 15) is 4.79 Å². The summed E-state index contributed by atoms with van der Waals surface area (Å²) in [6, 6.07) is 6.97. The SMILES string of the molecule is Cc1cc(C(=O)Nc2cc(Cl)ccc2C)ncn1. The van der Waals surface area contributed by atoms with Crippen molar-refractivity contribution in [2.24, 2.45) is 0 Å². The molecule has 0 spiro atoms. The molecule has 0 aliphatic carbocycles. The van der Waals surface area contributed by atoms with Crippen molar-refractivity contribution in [1.82, 2.24) is 9.97 Å². The monoisotopic (exact) mass is 261 g/mol. The van der Waals surface area contributed by atoms with Crippen LogP contribution in [0.25, 0.3) is 0 Å². The number of halogens is 1. The lowest BCUT2D eigenvalue weighted by Gasteiger charge is -2.08. The molecule has 1 aromatic carbocycles. The molecule has 1 amide bonds. The maximum Gasteiger partial charge on any atom is 0.274 e. The molecule has 0 radical (unpaired) electrons. The predicted octanol–water partition coefficient (Wildman–Crippen LogP) is 3.00. The largest absolute Gasteiger partial charge is 0.320 e. The third-order valence-electron chi connectivity index (χ3n) is 2.48. The molecule has 18 heavy (non-hydrogen) atoms. The minimum atomic E-state index is -0.272. The number of amides is 1. The van der Waals surface area contributed by atoms with Gasteiger partial charge in [-0.15, -0.1) is 0 Å². The Kier molecular flexibility index (Phi) is 3.58.